The van der Waals surface area contributed by atoms with E-state index in [1.807, 2.05) is 13.8 Å². The summed E-state index contributed by atoms with van der Waals surface area (Å²) >= 11 is 0. The molecule has 0 fully saturated rings. The number of benzene rings is 1. The Labute approximate surface area is 130 Å². The van der Waals surface area contributed by atoms with Gasteiger partial charge in [0, 0.05) is 0 Å². The smallest absolute Gasteiger partial charge is 0.380 e. The van der Waals surface area contributed by atoms with Gasteiger partial charge in [0.1, 0.15) is 12.4 Å². The summed E-state index contributed by atoms with van der Waals surface area (Å²) in [6.07, 6.45) is 0.507. The first-order valence-corrected chi connectivity index (χ1v) is 8.89. The minimum atomic E-state index is -4.00. The van der Waals surface area contributed by atoms with Gasteiger partial charge < -0.3 is 14.3 Å². The monoisotopic (exact) mass is 331 g/mol. The summed E-state index contributed by atoms with van der Waals surface area (Å²) < 4.78 is 31.4. The summed E-state index contributed by atoms with van der Waals surface area (Å²) in [5.74, 6) is -0.682. The SMILES string of the molecule is CCON=C(OP(=O)(O)[C@@H](C)CC(C)C)c1ccccc1F. The van der Waals surface area contributed by atoms with Crippen LogP contribution in [-0.4, -0.2) is 23.1 Å². The zero-order chi connectivity index (χ0) is 16.8. The fraction of sp³-hybridized carbons (Fsp3) is 0.533. The van der Waals surface area contributed by atoms with Gasteiger partial charge in [-0.05, 0) is 43.5 Å². The van der Waals surface area contributed by atoms with Crippen LogP contribution in [0.5, 0.6) is 0 Å². The van der Waals surface area contributed by atoms with Crippen LogP contribution in [0.25, 0.3) is 0 Å². The highest BCUT2D eigenvalue weighted by Crippen LogP contribution is 2.50. The molecule has 22 heavy (non-hydrogen) atoms. The molecule has 1 rings (SSSR count). The van der Waals surface area contributed by atoms with Crippen molar-refractivity contribution in [2.45, 2.75) is 39.8 Å². The van der Waals surface area contributed by atoms with Gasteiger partial charge in [-0.2, -0.15) is 0 Å². The summed E-state index contributed by atoms with van der Waals surface area (Å²) in [5.41, 5.74) is -0.604. The van der Waals surface area contributed by atoms with Crippen molar-refractivity contribution in [1.29, 1.82) is 0 Å². The third-order valence-electron chi connectivity index (χ3n) is 2.97. The zero-order valence-electron chi connectivity index (χ0n) is 13.3. The Morgan fingerprint density at radius 2 is 2.00 bits per heavy atom. The lowest BCUT2D eigenvalue weighted by Gasteiger charge is -2.21. The summed E-state index contributed by atoms with van der Waals surface area (Å²) in [5, 5.41) is 3.64. The largest absolute Gasteiger partial charge is 0.402 e. The molecular weight excluding hydrogens is 308 g/mol. The molecule has 2 atom stereocenters. The van der Waals surface area contributed by atoms with E-state index >= 15 is 0 Å². The Morgan fingerprint density at radius 1 is 1.36 bits per heavy atom. The van der Waals surface area contributed by atoms with Crippen LogP contribution < -0.4 is 0 Å². The summed E-state index contributed by atoms with van der Waals surface area (Å²) in [7, 11) is -4.00. The van der Waals surface area contributed by atoms with Crippen LogP contribution >= 0.6 is 7.60 Å². The van der Waals surface area contributed by atoms with Crippen LogP contribution in [0, 0.1) is 11.7 Å². The van der Waals surface area contributed by atoms with E-state index in [2.05, 4.69) is 5.16 Å². The Morgan fingerprint density at radius 3 is 2.55 bits per heavy atom. The molecule has 0 bridgehead atoms. The minimum Gasteiger partial charge on any atom is -0.402 e. The van der Waals surface area contributed by atoms with Crippen LogP contribution in [0.4, 0.5) is 4.39 Å². The topological polar surface area (TPSA) is 68.1 Å². The van der Waals surface area contributed by atoms with Crippen LogP contribution in [-0.2, 0) is 13.9 Å². The molecule has 0 heterocycles. The molecule has 0 radical (unpaired) electrons. The van der Waals surface area contributed by atoms with E-state index in [1.54, 1.807) is 19.9 Å². The van der Waals surface area contributed by atoms with Gasteiger partial charge in [-0.1, -0.05) is 26.0 Å². The maximum absolute atomic E-state index is 13.9. The van der Waals surface area contributed by atoms with Crippen LogP contribution in [0.15, 0.2) is 29.4 Å². The van der Waals surface area contributed by atoms with Crippen molar-refractivity contribution in [3.05, 3.63) is 35.6 Å². The number of hydrogen-bond donors (Lipinski definition) is 1. The molecule has 1 unspecified atom stereocenters. The lowest BCUT2D eigenvalue weighted by atomic mass is 10.1. The second-order valence-electron chi connectivity index (χ2n) is 5.43. The number of oxime groups is 1. The molecule has 1 N–H and O–H groups in total. The highest BCUT2D eigenvalue weighted by atomic mass is 31.2. The van der Waals surface area contributed by atoms with E-state index in [9.17, 15) is 13.8 Å². The van der Waals surface area contributed by atoms with Crippen molar-refractivity contribution < 1.29 is 23.2 Å². The van der Waals surface area contributed by atoms with Crippen molar-refractivity contribution in [3.8, 4) is 0 Å². The zero-order valence-corrected chi connectivity index (χ0v) is 14.2. The maximum Gasteiger partial charge on any atom is 0.380 e. The average molecular weight is 331 g/mol. The van der Waals surface area contributed by atoms with E-state index in [0.717, 1.165) is 0 Å². The number of rotatable bonds is 7. The van der Waals surface area contributed by atoms with Gasteiger partial charge in [-0.3, -0.25) is 0 Å². The third-order valence-corrected chi connectivity index (χ3v) is 4.73. The molecule has 0 spiro atoms. The standard InChI is InChI=1S/C15H23FNO4P/c1-5-20-17-15(13-8-6-7-9-14(13)16)21-22(18,19)12(4)10-11(2)3/h6-9,11-12H,5,10H2,1-4H3,(H,18,19)/t12-/m0/s1. The molecule has 0 amide bonds. The Kier molecular flexibility index (Phi) is 7.04. The molecular formula is C15H23FNO4P. The van der Waals surface area contributed by atoms with Gasteiger partial charge in [-0.25, -0.2) is 8.96 Å². The summed E-state index contributed by atoms with van der Waals surface area (Å²) in [6, 6.07) is 5.74. The predicted molar refractivity (Wildman–Crippen MR) is 84.4 cm³/mol. The van der Waals surface area contributed by atoms with Crippen molar-refractivity contribution in [2.75, 3.05) is 6.61 Å². The molecule has 0 aromatic heterocycles. The van der Waals surface area contributed by atoms with Crippen molar-refractivity contribution in [2.24, 2.45) is 11.1 Å². The summed E-state index contributed by atoms with van der Waals surface area (Å²) in [6.45, 7) is 7.45. The molecule has 0 aliphatic carbocycles. The van der Waals surface area contributed by atoms with E-state index in [0.29, 0.717) is 6.42 Å². The third kappa shape index (κ3) is 5.43. The highest BCUT2D eigenvalue weighted by Gasteiger charge is 2.33. The van der Waals surface area contributed by atoms with Crippen molar-refractivity contribution in [1.82, 2.24) is 0 Å². The molecule has 0 saturated carbocycles. The molecule has 7 heteroatoms. The van der Waals surface area contributed by atoms with Gasteiger partial charge in [-0.15, -0.1) is 0 Å². The highest BCUT2D eigenvalue weighted by molar-refractivity contribution is 7.54. The van der Waals surface area contributed by atoms with E-state index in [1.165, 1.54) is 18.2 Å². The Bertz CT molecular complexity index is 562. The molecule has 0 aliphatic rings. The molecule has 1 aromatic carbocycles. The average Bonchev–Trinajstić information content (AvgIpc) is 2.43. The molecule has 1 aromatic rings. The quantitative estimate of drug-likeness (QED) is 0.352. The minimum absolute atomic E-state index is 0.0121. The van der Waals surface area contributed by atoms with Crippen LogP contribution in [0.1, 0.15) is 39.7 Å². The first-order valence-electron chi connectivity index (χ1n) is 7.24. The molecule has 0 saturated heterocycles. The van der Waals surface area contributed by atoms with Crippen molar-refractivity contribution >= 4 is 13.5 Å². The van der Waals surface area contributed by atoms with Crippen LogP contribution in [0.2, 0.25) is 0 Å². The molecule has 0 aliphatic heterocycles. The van der Waals surface area contributed by atoms with E-state index < -0.39 is 19.1 Å². The number of nitrogens with zero attached hydrogens (tertiary/aromatic N) is 1. The summed E-state index contributed by atoms with van der Waals surface area (Å²) in [4.78, 5) is 15.0. The van der Waals surface area contributed by atoms with E-state index in [4.69, 9.17) is 9.36 Å². The molecule has 5 nitrogen and oxygen atoms in total. The van der Waals surface area contributed by atoms with Crippen LogP contribution in [0.3, 0.4) is 0 Å². The fourth-order valence-corrected chi connectivity index (χ4v) is 3.15. The second-order valence-corrected chi connectivity index (χ2v) is 7.62. The molecule has 124 valence electrons. The van der Waals surface area contributed by atoms with Gasteiger partial charge in [0.05, 0.1) is 11.2 Å². The normalized spacial score (nSPS) is 16.2. The lowest BCUT2D eigenvalue weighted by Crippen LogP contribution is -2.15. The maximum atomic E-state index is 13.9. The second kappa shape index (κ2) is 8.30. The Hall–Kier alpha value is -1.39. The first kappa shape index (κ1) is 18.7. The Balaban J connectivity index is 3.05. The predicted octanol–water partition coefficient (Wildman–Crippen LogP) is 4.16. The van der Waals surface area contributed by atoms with Gasteiger partial charge in [0.25, 0.3) is 5.90 Å². The van der Waals surface area contributed by atoms with E-state index in [-0.39, 0.29) is 24.0 Å². The number of halogens is 1. The van der Waals surface area contributed by atoms with Gasteiger partial charge >= 0.3 is 7.60 Å². The lowest BCUT2D eigenvalue weighted by molar-refractivity contribution is 0.152. The fourth-order valence-electron chi connectivity index (χ4n) is 1.90. The van der Waals surface area contributed by atoms with Crippen molar-refractivity contribution in [3.63, 3.8) is 0 Å². The first-order chi connectivity index (χ1) is 10.3. The van der Waals surface area contributed by atoms with Gasteiger partial charge in [0.15, 0.2) is 0 Å². The number of hydrogen-bond acceptors (Lipinski definition) is 4. The van der Waals surface area contributed by atoms with Gasteiger partial charge in [0.2, 0.25) is 0 Å².